The van der Waals surface area contributed by atoms with Gasteiger partial charge in [0.25, 0.3) is 0 Å². The molecule has 1 aliphatic rings. The summed E-state index contributed by atoms with van der Waals surface area (Å²) in [5, 5.41) is 6.45. The number of carbonyl (C=O) groups excluding carboxylic acids is 1. The number of ether oxygens (including phenoxy) is 4. The smallest absolute Gasteiger partial charge is 0.244 e. The molecule has 8 heteroatoms. The summed E-state index contributed by atoms with van der Waals surface area (Å²) in [6.45, 7) is 3.81. The van der Waals surface area contributed by atoms with E-state index in [0.29, 0.717) is 49.4 Å². The van der Waals surface area contributed by atoms with E-state index in [1.54, 1.807) is 6.21 Å². The maximum absolute atomic E-state index is 12.4. The minimum absolute atomic E-state index is 0.169. The average molecular weight is 575 g/mol. The third kappa shape index (κ3) is 6.08. The Kier molecular flexibility index (Phi) is 8.09. The summed E-state index contributed by atoms with van der Waals surface area (Å²) >= 11 is 3.61. The normalized spacial score (nSPS) is 12.5. The van der Waals surface area contributed by atoms with E-state index < -0.39 is 0 Å². The molecule has 4 aromatic carbocycles. The van der Waals surface area contributed by atoms with Gasteiger partial charge in [0.2, 0.25) is 5.91 Å². The summed E-state index contributed by atoms with van der Waals surface area (Å²) in [6.07, 6.45) is 1.74. The zero-order valence-corrected chi connectivity index (χ0v) is 22.5. The topological polar surface area (TPSA) is 78.4 Å². The monoisotopic (exact) mass is 574 g/mol. The number of amides is 1. The minimum Gasteiger partial charge on any atom is -0.490 e. The fourth-order valence-electron chi connectivity index (χ4n) is 4.24. The molecule has 0 aromatic heterocycles. The molecule has 1 heterocycles. The van der Waals surface area contributed by atoms with Crippen LogP contribution in [0.25, 0.3) is 10.8 Å². The SMILES string of the molecule is CCOc1cc(/C=N/NC(=O)Cc2ccc3c(c2)OCCO3)cc(Br)c1OCc1cccc2ccccc12. The fraction of sp³-hybridized carbons (Fsp3) is 0.200. The number of hydrogen-bond acceptors (Lipinski definition) is 6. The van der Waals surface area contributed by atoms with Crippen LogP contribution in [0.3, 0.4) is 0 Å². The molecule has 1 N–H and O–H groups in total. The van der Waals surface area contributed by atoms with Crippen LogP contribution in [0.5, 0.6) is 23.0 Å². The van der Waals surface area contributed by atoms with Gasteiger partial charge < -0.3 is 18.9 Å². The highest BCUT2D eigenvalue weighted by atomic mass is 79.9. The number of fused-ring (bicyclic) bond motifs is 2. The molecule has 0 aliphatic carbocycles. The molecule has 0 saturated carbocycles. The van der Waals surface area contributed by atoms with Gasteiger partial charge >= 0.3 is 0 Å². The van der Waals surface area contributed by atoms with E-state index in [9.17, 15) is 4.79 Å². The lowest BCUT2D eigenvalue weighted by Crippen LogP contribution is -2.20. The van der Waals surface area contributed by atoms with E-state index in [0.717, 1.165) is 26.5 Å². The first-order valence-electron chi connectivity index (χ1n) is 12.4. The Labute approximate surface area is 229 Å². The van der Waals surface area contributed by atoms with Crippen LogP contribution >= 0.6 is 15.9 Å². The fourth-order valence-corrected chi connectivity index (χ4v) is 4.81. The predicted octanol–water partition coefficient (Wildman–Crippen LogP) is 6.04. The van der Waals surface area contributed by atoms with Gasteiger partial charge in [-0.05, 0) is 74.6 Å². The van der Waals surface area contributed by atoms with Gasteiger partial charge in [-0.15, -0.1) is 0 Å². The van der Waals surface area contributed by atoms with Crippen LogP contribution in [-0.2, 0) is 17.8 Å². The lowest BCUT2D eigenvalue weighted by molar-refractivity contribution is -0.120. The third-order valence-corrected chi connectivity index (χ3v) is 6.55. The van der Waals surface area contributed by atoms with Crippen LogP contribution in [0.2, 0.25) is 0 Å². The highest BCUT2D eigenvalue weighted by Gasteiger charge is 2.14. The number of benzene rings is 4. The third-order valence-electron chi connectivity index (χ3n) is 5.96. The van der Waals surface area contributed by atoms with E-state index >= 15 is 0 Å². The molecule has 0 unspecified atom stereocenters. The van der Waals surface area contributed by atoms with Crippen molar-refractivity contribution >= 4 is 38.8 Å². The first-order valence-corrected chi connectivity index (χ1v) is 13.2. The Bertz CT molecular complexity index is 1480. The van der Waals surface area contributed by atoms with Crippen molar-refractivity contribution in [2.24, 2.45) is 5.10 Å². The molecule has 0 fully saturated rings. The molecule has 0 bridgehead atoms. The van der Waals surface area contributed by atoms with Gasteiger partial charge in [-0.2, -0.15) is 5.10 Å². The Morgan fingerprint density at radius 2 is 1.82 bits per heavy atom. The van der Waals surface area contributed by atoms with E-state index in [-0.39, 0.29) is 12.3 Å². The van der Waals surface area contributed by atoms with Crippen molar-refractivity contribution in [1.82, 2.24) is 5.43 Å². The van der Waals surface area contributed by atoms with Crippen LogP contribution < -0.4 is 24.4 Å². The first kappa shape index (κ1) is 25.6. The Balaban J connectivity index is 1.25. The van der Waals surface area contributed by atoms with E-state index in [4.69, 9.17) is 18.9 Å². The number of nitrogens with zero attached hydrogens (tertiary/aromatic N) is 1. The van der Waals surface area contributed by atoms with Crippen molar-refractivity contribution in [2.45, 2.75) is 20.0 Å². The number of hydrazone groups is 1. The standard InChI is InChI=1S/C30H27BrN2O5/c1-2-35-28-16-21(18-32-33-29(34)17-20-10-11-26-27(15-20)37-13-12-36-26)14-25(31)30(28)38-19-23-8-5-7-22-6-3-4-9-24(22)23/h3-11,14-16,18H,2,12-13,17,19H2,1H3,(H,33,34)/b32-18+. The second-order valence-electron chi connectivity index (χ2n) is 8.64. The molecule has 1 aliphatic heterocycles. The summed E-state index contributed by atoms with van der Waals surface area (Å²) in [7, 11) is 0. The lowest BCUT2D eigenvalue weighted by atomic mass is 10.1. The molecule has 0 spiro atoms. The van der Waals surface area contributed by atoms with Crippen LogP contribution in [0.4, 0.5) is 0 Å². The molecular formula is C30H27BrN2O5. The van der Waals surface area contributed by atoms with Crippen molar-refractivity contribution < 1.29 is 23.7 Å². The second-order valence-corrected chi connectivity index (χ2v) is 9.49. The Morgan fingerprint density at radius 3 is 2.68 bits per heavy atom. The molecule has 5 rings (SSSR count). The quantitative estimate of drug-likeness (QED) is 0.194. The average Bonchev–Trinajstić information content (AvgIpc) is 2.93. The van der Waals surface area contributed by atoms with Gasteiger partial charge in [0.05, 0.1) is 23.7 Å². The van der Waals surface area contributed by atoms with Gasteiger partial charge in [-0.25, -0.2) is 5.43 Å². The highest BCUT2D eigenvalue weighted by molar-refractivity contribution is 9.10. The van der Waals surface area contributed by atoms with Crippen LogP contribution in [0.1, 0.15) is 23.6 Å². The molecular weight excluding hydrogens is 548 g/mol. The minimum atomic E-state index is -0.239. The van der Waals surface area contributed by atoms with Crippen molar-refractivity contribution in [3.63, 3.8) is 0 Å². The first-order chi connectivity index (χ1) is 18.6. The maximum atomic E-state index is 12.4. The molecule has 4 aromatic rings. The predicted molar refractivity (Wildman–Crippen MR) is 150 cm³/mol. The van der Waals surface area contributed by atoms with E-state index in [2.05, 4.69) is 50.7 Å². The Morgan fingerprint density at radius 1 is 1.00 bits per heavy atom. The number of nitrogens with one attached hydrogen (secondary N) is 1. The second kappa shape index (κ2) is 12.0. The van der Waals surface area contributed by atoms with Crippen molar-refractivity contribution in [3.05, 3.63) is 94.0 Å². The van der Waals surface area contributed by atoms with Gasteiger partial charge in [0.15, 0.2) is 23.0 Å². The number of hydrogen-bond donors (Lipinski definition) is 1. The summed E-state index contributed by atoms with van der Waals surface area (Å²) in [4.78, 5) is 12.4. The molecule has 0 atom stereocenters. The zero-order chi connectivity index (χ0) is 26.3. The van der Waals surface area contributed by atoms with Gasteiger partial charge in [0.1, 0.15) is 19.8 Å². The van der Waals surface area contributed by atoms with Gasteiger partial charge in [-0.1, -0.05) is 48.5 Å². The zero-order valence-electron chi connectivity index (χ0n) is 20.9. The van der Waals surface area contributed by atoms with Gasteiger partial charge in [-0.3, -0.25) is 4.79 Å². The molecule has 7 nitrogen and oxygen atoms in total. The van der Waals surface area contributed by atoms with Gasteiger partial charge in [0, 0.05) is 0 Å². The van der Waals surface area contributed by atoms with Crippen LogP contribution in [-0.4, -0.2) is 31.9 Å². The lowest BCUT2D eigenvalue weighted by Gasteiger charge is -2.18. The highest BCUT2D eigenvalue weighted by Crippen LogP contribution is 2.37. The summed E-state index contributed by atoms with van der Waals surface area (Å²) in [5.41, 5.74) is 5.23. The van der Waals surface area contributed by atoms with Crippen molar-refractivity contribution in [3.8, 4) is 23.0 Å². The molecule has 38 heavy (non-hydrogen) atoms. The molecule has 0 radical (unpaired) electrons. The summed E-state index contributed by atoms with van der Waals surface area (Å²) in [5.74, 6) is 2.31. The molecule has 0 saturated heterocycles. The largest absolute Gasteiger partial charge is 0.490 e. The van der Waals surface area contributed by atoms with Crippen LogP contribution in [0.15, 0.2) is 82.4 Å². The number of carbonyl (C=O) groups is 1. The van der Waals surface area contributed by atoms with Crippen LogP contribution in [0, 0.1) is 0 Å². The maximum Gasteiger partial charge on any atom is 0.244 e. The molecule has 194 valence electrons. The Hall–Kier alpha value is -4.04. The van der Waals surface area contributed by atoms with Crippen molar-refractivity contribution in [1.29, 1.82) is 0 Å². The number of rotatable bonds is 9. The summed E-state index contributed by atoms with van der Waals surface area (Å²) in [6, 6.07) is 23.6. The van der Waals surface area contributed by atoms with E-state index in [1.807, 2.05) is 55.5 Å². The summed E-state index contributed by atoms with van der Waals surface area (Å²) < 4.78 is 23.9. The van der Waals surface area contributed by atoms with Crippen molar-refractivity contribution in [2.75, 3.05) is 19.8 Å². The van der Waals surface area contributed by atoms with E-state index in [1.165, 1.54) is 5.39 Å². The molecule has 1 amide bonds. The number of halogens is 1.